The summed E-state index contributed by atoms with van der Waals surface area (Å²) in [6.45, 7) is 7.20. The summed E-state index contributed by atoms with van der Waals surface area (Å²) in [7, 11) is -4.25. The summed E-state index contributed by atoms with van der Waals surface area (Å²) in [6.07, 6.45) is 0.704. The van der Waals surface area contributed by atoms with E-state index in [-0.39, 0.29) is 51.1 Å². The largest absolute Gasteiger partial charge is 0.508 e. The lowest BCUT2D eigenvalue weighted by Gasteiger charge is -2.35. The number of carbonyl (C=O) groups is 5. The molecule has 2 heterocycles. The Balaban J connectivity index is 1.41. The third kappa shape index (κ3) is 7.92. The van der Waals surface area contributed by atoms with Crippen LogP contribution < -0.4 is 10.5 Å². The SMILES string of the molecule is CC(C)C(C(=O)c1nc2cc(O)ccc2o1)N1CCC[C@H]1C(=O)N(C(=O)c1ccc(C(=O)NS(=O)(=O)c2ccc(Cl)cc2)cc1)C(=O)[C@@H](N)C(C)C. The molecule has 274 valence electrons. The molecule has 1 saturated heterocycles. The van der Waals surface area contributed by atoms with Gasteiger partial charge in [-0.15, -0.1) is 0 Å². The number of Topliss-reactive ketones (excluding diaryl/α,β-unsaturated/α-hetero) is 1. The topological polar surface area (TPSA) is 210 Å². The monoisotopic (exact) mass is 751 g/mol. The highest BCUT2D eigenvalue weighted by Crippen LogP contribution is 2.30. The number of phenols is 1. The lowest BCUT2D eigenvalue weighted by atomic mass is 9.96. The number of halogens is 1. The lowest BCUT2D eigenvalue weighted by molar-refractivity contribution is -0.145. The molecule has 3 aromatic carbocycles. The molecule has 0 saturated carbocycles. The molecule has 0 radical (unpaired) electrons. The van der Waals surface area contributed by atoms with Gasteiger partial charge in [0.25, 0.3) is 39.5 Å². The van der Waals surface area contributed by atoms with Crippen molar-refractivity contribution in [2.75, 3.05) is 6.54 Å². The number of imide groups is 3. The second-order valence-corrected chi connectivity index (χ2v) is 15.3. The summed E-state index contributed by atoms with van der Waals surface area (Å²) in [6, 6.07) is 11.0. The zero-order chi connectivity index (χ0) is 38.1. The molecule has 16 heteroatoms. The molecule has 4 amide bonds. The highest BCUT2D eigenvalue weighted by molar-refractivity contribution is 7.90. The van der Waals surface area contributed by atoms with E-state index in [2.05, 4.69) is 4.98 Å². The Bertz CT molecular complexity index is 2130. The van der Waals surface area contributed by atoms with Crippen molar-refractivity contribution in [1.82, 2.24) is 19.5 Å². The quantitative estimate of drug-likeness (QED) is 0.146. The van der Waals surface area contributed by atoms with Gasteiger partial charge in [0.15, 0.2) is 5.58 Å². The summed E-state index contributed by atoms with van der Waals surface area (Å²) in [5, 5.41) is 10.1. The Morgan fingerprint density at radius 2 is 1.60 bits per heavy atom. The predicted octanol–water partition coefficient (Wildman–Crippen LogP) is 4.16. The van der Waals surface area contributed by atoms with Crippen LogP contribution in [-0.2, 0) is 19.6 Å². The molecule has 1 unspecified atom stereocenters. The minimum Gasteiger partial charge on any atom is -0.508 e. The summed E-state index contributed by atoms with van der Waals surface area (Å²) in [4.78, 5) is 75.1. The van der Waals surface area contributed by atoms with Crippen LogP contribution in [0.2, 0.25) is 5.02 Å². The van der Waals surface area contributed by atoms with Gasteiger partial charge < -0.3 is 15.3 Å². The zero-order valence-corrected chi connectivity index (χ0v) is 30.3. The predicted molar refractivity (Wildman–Crippen MR) is 190 cm³/mol. The molecule has 0 aliphatic carbocycles. The summed E-state index contributed by atoms with van der Waals surface area (Å²) >= 11 is 5.83. The van der Waals surface area contributed by atoms with Crippen LogP contribution in [0.25, 0.3) is 11.1 Å². The fraction of sp³-hybridized carbons (Fsp3) is 0.333. The van der Waals surface area contributed by atoms with Gasteiger partial charge >= 0.3 is 0 Å². The van der Waals surface area contributed by atoms with E-state index in [1.54, 1.807) is 32.6 Å². The Morgan fingerprint density at radius 3 is 2.21 bits per heavy atom. The first kappa shape index (κ1) is 38.3. The van der Waals surface area contributed by atoms with Crippen LogP contribution in [-0.4, -0.2) is 82.4 Å². The number of hydrogen-bond acceptors (Lipinski definition) is 12. The third-order valence-corrected chi connectivity index (χ3v) is 10.4. The van der Waals surface area contributed by atoms with Crippen molar-refractivity contribution in [3.05, 3.63) is 88.8 Å². The van der Waals surface area contributed by atoms with E-state index in [9.17, 15) is 37.5 Å². The maximum atomic E-state index is 14.4. The van der Waals surface area contributed by atoms with Crippen LogP contribution in [0.1, 0.15) is 71.9 Å². The van der Waals surface area contributed by atoms with Gasteiger partial charge in [-0.1, -0.05) is 39.3 Å². The molecule has 5 rings (SSSR count). The number of hydrogen-bond donors (Lipinski definition) is 3. The Labute approximate surface area is 305 Å². The first-order chi connectivity index (χ1) is 24.5. The molecule has 0 spiro atoms. The molecule has 3 atom stereocenters. The first-order valence-corrected chi connectivity index (χ1v) is 18.4. The standard InChI is InChI=1S/C36H38ClN5O9S/c1-19(2)29(38)36(48)42(34(46)22-9-7-21(8-10-22)32(45)40-52(49,50)25-14-11-23(37)12-15-25)35(47)27-6-5-17-41(27)30(20(3)4)31(44)33-39-26-18-24(43)13-16-28(26)51-33/h7-16,18-20,27,29-30,43H,5-6,17,38H2,1-4H3,(H,40,45)/t27-,29-,30?/m0/s1. The van der Waals surface area contributed by atoms with Crippen LogP contribution in [0.4, 0.5) is 0 Å². The van der Waals surface area contributed by atoms with Gasteiger partial charge in [0.1, 0.15) is 11.3 Å². The maximum Gasteiger partial charge on any atom is 0.267 e. The lowest BCUT2D eigenvalue weighted by Crippen LogP contribution is -2.58. The molecule has 14 nitrogen and oxygen atoms in total. The Morgan fingerprint density at radius 1 is 0.962 bits per heavy atom. The number of ketones is 1. The molecule has 1 aliphatic rings. The van der Waals surface area contributed by atoms with E-state index in [0.717, 1.165) is 0 Å². The van der Waals surface area contributed by atoms with Crippen molar-refractivity contribution in [3.8, 4) is 5.75 Å². The number of likely N-dealkylation sites (tertiary alicyclic amines) is 1. The number of nitrogens with zero attached hydrogens (tertiary/aromatic N) is 3. The Hall–Kier alpha value is -4.96. The average molecular weight is 752 g/mol. The summed E-state index contributed by atoms with van der Waals surface area (Å²) < 4.78 is 33.1. The molecular formula is C36H38ClN5O9S. The normalized spacial score (nSPS) is 16.2. The van der Waals surface area contributed by atoms with Crippen LogP contribution >= 0.6 is 11.6 Å². The van der Waals surface area contributed by atoms with Crippen LogP contribution in [0.5, 0.6) is 5.75 Å². The Kier molecular flexibility index (Phi) is 11.3. The van der Waals surface area contributed by atoms with E-state index < -0.39 is 63.5 Å². The van der Waals surface area contributed by atoms with Crippen LogP contribution in [0, 0.1) is 11.8 Å². The molecule has 1 fully saturated rings. The van der Waals surface area contributed by atoms with Gasteiger partial charge in [-0.3, -0.25) is 28.9 Å². The number of oxazole rings is 1. The number of rotatable bonds is 11. The minimum atomic E-state index is -4.25. The fourth-order valence-corrected chi connectivity index (χ4v) is 7.11. The molecular weight excluding hydrogens is 714 g/mol. The van der Waals surface area contributed by atoms with Crippen molar-refractivity contribution >= 4 is 62.1 Å². The van der Waals surface area contributed by atoms with Crippen LogP contribution in [0.3, 0.4) is 0 Å². The van der Waals surface area contributed by atoms with Gasteiger partial charge in [-0.25, -0.2) is 23.0 Å². The number of benzene rings is 3. The number of amides is 4. The molecule has 0 bridgehead atoms. The second-order valence-electron chi connectivity index (χ2n) is 13.2. The number of phenolic OH excluding ortho intramolecular Hbond substituents is 1. The highest BCUT2D eigenvalue weighted by Gasteiger charge is 2.46. The molecule has 1 aromatic heterocycles. The van der Waals surface area contributed by atoms with Gasteiger partial charge in [0.2, 0.25) is 5.78 Å². The average Bonchev–Trinajstić information content (AvgIpc) is 3.75. The van der Waals surface area contributed by atoms with Crippen molar-refractivity contribution in [2.24, 2.45) is 17.6 Å². The van der Waals surface area contributed by atoms with Crippen molar-refractivity contribution < 1.29 is 41.9 Å². The van der Waals surface area contributed by atoms with Gasteiger partial charge in [-0.05, 0) is 91.9 Å². The van der Waals surface area contributed by atoms with E-state index in [0.29, 0.717) is 22.9 Å². The highest BCUT2D eigenvalue weighted by atomic mass is 35.5. The fourth-order valence-electron chi connectivity index (χ4n) is 6.01. The smallest absolute Gasteiger partial charge is 0.267 e. The number of nitrogens with two attached hydrogens (primary N) is 1. The molecule has 1 aliphatic heterocycles. The molecule has 4 aromatic rings. The number of nitrogens with one attached hydrogen (secondary N) is 1. The second kappa shape index (κ2) is 15.3. The first-order valence-electron chi connectivity index (χ1n) is 16.5. The number of aromatic nitrogens is 1. The summed E-state index contributed by atoms with van der Waals surface area (Å²) in [5.74, 6) is -5.41. The van der Waals surface area contributed by atoms with Gasteiger partial charge in [0.05, 0.1) is 23.0 Å². The molecule has 4 N–H and O–H groups in total. The van der Waals surface area contributed by atoms with Crippen molar-refractivity contribution in [3.63, 3.8) is 0 Å². The number of aromatic hydroxyl groups is 1. The van der Waals surface area contributed by atoms with Crippen molar-refractivity contribution in [2.45, 2.75) is 63.6 Å². The zero-order valence-electron chi connectivity index (χ0n) is 28.8. The van der Waals surface area contributed by atoms with E-state index in [4.69, 9.17) is 21.8 Å². The molecule has 52 heavy (non-hydrogen) atoms. The number of carbonyl (C=O) groups excluding carboxylic acids is 5. The van der Waals surface area contributed by atoms with Gasteiger partial charge in [-0.2, -0.15) is 0 Å². The van der Waals surface area contributed by atoms with E-state index >= 15 is 0 Å². The summed E-state index contributed by atoms with van der Waals surface area (Å²) in [5.41, 5.74) is 6.48. The van der Waals surface area contributed by atoms with Gasteiger partial charge in [0, 0.05) is 22.2 Å². The van der Waals surface area contributed by atoms with Crippen molar-refractivity contribution in [1.29, 1.82) is 0 Å². The number of fused-ring (bicyclic) bond motifs is 1. The number of sulfonamides is 1. The maximum absolute atomic E-state index is 14.4. The van der Waals surface area contributed by atoms with Crippen LogP contribution in [0.15, 0.2) is 76.0 Å². The minimum absolute atomic E-state index is 0.0561. The van der Waals surface area contributed by atoms with E-state index in [1.165, 1.54) is 66.7 Å². The third-order valence-electron chi connectivity index (χ3n) is 8.81. The van der Waals surface area contributed by atoms with E-state index in [1.807, 2.05) is 4.72 Å².